The van der Waals surface area contributed by atoms with Crippen molar-refractivity contribution in [3.63, 3.8) is 0 Å². The first-order valence-corrected chi connectivity index (χ1v) is 28.6. The van der Waals surface area contributed by atoms with Gasteiger partial charge in [0.15, 0.2) is 6.61 Å². The summed E-state index contributed by atoms with van der Waals surface area (Å²) in [6.45, 7) is 8.65. The van der Waals surface area contributed by atoms with Crippen LogP contribution in [-0.4, -0.2) is 160 Å². The maximum atomic E-state index is 13.5. The van der Waals surface area contributed by atoms with Crippen LogP contribution in [0.1, 0.15) is 80.3 Å². The Hall–Kier alpha value is -9.08. The molecule has 1 atom stereocenters. The molecule has 7 aromatic rings. The molecular formula is C63H67N9O12. The molecule has 0 spiro atoms. The number of hydrogen-bond donors (Lipinski definition) is 3. The van der Waals surface area contributed by atoms with E-state index < -0.39 is 48.2 Å². The number of anilines is 1. The minimum atomic E-state index is -1.13. The van der Waals surface area contributed by atoms with Crippen LogP contribution >= 0.6 is 0 Å². The lowest BCUT2D eigenvalue weighted by molar-refractivity contribution is -0.136. The second-order valence-electron chi connectivity index (χ2n) is 21.4. The van der Waals surface area contributed by atoms with E-state index in [0.29, 0.717) is 84.1 Å². The molecule has 11 rings (SSSR count). The highest BCUT2D eigenvalue weighted by Crippen LogP contribution is 2.39. The number of carbonyl (C=O) groups excluding carboxylic acids is 6. The number of nitrogens with zero attached hydrogens (tertiary/aromatic N) is 7. The van der Waals surface area contributed by atoms with Crippen LogP contribution in [0, 0.1) is 6.92 Å². The molecule has 4 aliphatic heterocycles. The third-order valence-electron chi connectivity index (χ3n) is 16.2. The summed E-state index contributed by atoms with van der Waals surface area (Å²) in [6, 6.07) is 31.4. The fourth-order valence-corrected chi connectivity index (χ4v) is 12.0. The maximum Gasteiger partial charge on any atom is 0.352 e. The van der Waals surface area contributed by atoms with Gasteiger partial charge in [0.1, 0.15) is 35.6 Å². The summed E-state index contributed by atoms with van der Waals surface area (Å²) in [7, 11) is 1.90. The van der Waals surface area contributed by atoms with Crippen LogP contribution in [0.2, 0.25) is 0 Å². The van der Waals surface area contributed by atoms with Crippen molar-refractivity contribution in [2.24, 2.45) is 7.05 Å². The Morgan fingerprint density at radius 3 is 2.27 bits per heavy atom. The number of carboxylic acid groups (broad SMARTS) is 1. The Morgan fingerprint density at radius 2 is 1.49 bits per heavy atom. The number of ether oxygens (including phenoxy) is 4. The molecule has 4 aliphatic rings. The molecule has 0 radical (unpaired) electrons. The molecule has 0 aliphatic carbocycles. The minimum absolute atomic E-state index is 0.00854. The molecule has 21 nitrogen and oxygen atoms in total. The zero-order valence-electron chi connectivity index (χ0n) is 47.1. The molecule has 3 fully saturated rings. The first kappa shape index (κ1) is 56.8. The van der Waals surface area contributed by atoms with Crippen molar-refractivity contribution >= 4 is 68.8 Å². The highest BCUT2D eigenvalue weighted by molar-refractivity contribution is 6.24. The number of amides is 6. The van der Waals surface area contributed by atoms with Gasteiger partial charge in [-0.15, -0.1) is 0 Å². The van der Waals surface area contributed by atoms with Crippen molar-refractivity contribution in [2.75, 3.05) is 83.7 Å². The van der Waals surface area contributed by atoms with Gasteiger partial charge in [0.05, 0.1) is 47.9 Å². The molecule has 6 amide bonds. The second kappa shape index (κ2) is 25.2. The molecule has 3 saturated heterocycles. The van der Waals surface area contributed by atoms with E-state index in [1.807, 2.05) is 94.9 Å². The number of para-hydroxylation sites is 1. The van der Waals surface area contributed by atoms with Gasteiger partial charge in [-0.05, 0) is 86.0 Å². The van der Waals surface area contributed by atoms with Crippen molar-refractivity contribution in [3.8, 4) is 28.4 Å². The number of hydrogen-bond acceptors (Lipinski definition) is 14. The lowest BCUT2D eigenvalue weighted by Gasteiger charge is -2.36. The van der Waals surface area contributed by atoms with E-state index in [1.165, 1.54) is 18.2 Å². The van der Waals surface area contributed by atoms with Crippen LogP contribution in [0.5, 0.6) is 17.2 Å². The van der Waals surface area contributed by atoms with Gasteiger partial charge in [0.2, 0.25) is 17.7 Å². The third kappa shape index (κ3) is 11.9. The van der Waals surface area contributed by atoms with Crippen LogP contribution in [0.3, 0.4) is 0 Å². The number of nitrogens with one attached hydrogen (secondary N) is 2. The van der Waals surface area contributed by atoms with Gasteiger partial charge in [0, 0.05) is 106 Å². The van der Waals surface area contributed by atoms with Gasteiger partial charge in [0.25, 0.3) is 17.7 Å². The summed E-state index contributed by atoms with van der Waals surface area (Å²) >= 11 is 0. The zero-order chi connectivity index (χ0) is 58.4. The number of aromatic nitrogens is 3. The predicted octanol–water partition coefficient (Wildman–Crippen LogP) is 6.15. The molecule has 6 heterocycles. The first-order chi connectivity index (χ1) is 40.8. The van der Waals surface area contributed by atoms with Crippen molar-refractivity contribution < 1.29 is 57.6 Å². The fourth-order valence-electron chi connectivity index (χ4n) is 12.0. The molecule has 0 bridgehead atoms. The molecule has 436 valence electrons. The number of rotatable bonds is 22. The van der Waals surface area contributed by atoms with Gasteiger partial charge >= 0.3 is 5.97 Å². The lowest BCUT2D eigenvalue weighted by atomic mass is 9.98. The van der Waals surface area contributed by atoms with Crippen LogP contribution < -0.4 is 29.7 Å². The van der Waals surface area contributed by atoms with Crippen LogP contribution in [-0.2, 0) is 50.5 Å². The van der Waals surface area contributed by atoms with Gasteiger partial charge in [-0.1, -0.05) is 60.7 Å². The summed E-state index contributed by atoms with van der Waals surface area (Å²) < 4.78 is 28.0. The maximum absolute atomic E-state index is 13.5. The Balaban J connectivity index is 0.684. The minimum Gasteiger partial charge on any atom is -0.493 e. The Morgan fingerprint density at radius 1 is 0.762 bits per heavy atom. The average molecular weight is 1140 g/mol. The SMILES string of the molecule is Cc1nn(C)c(COc2ccc(N3CCN(C(=O)CCCNC(=O)COc4cccc5c4C(=O)N(C4CCC(=O)NC4=O)C5=O)CC3)cc2)c1-c1cccc2c(CCCOc3cccc4ccccc34)c(C(=O)O)n(CCN3CCOCC3)c12. The molecule has 1 unspecified atom stereocenters. The molecular weight excluding hydrogens is 1070 g/mol. The molecule has 21 heteroatoms. The van der Waals surface area contributed by atoms with Crippen molar-refractivity contribution in [2.45, 2.75) is 64.6 Å². The molecule has 0 saturated carbocycles. The topological polar surface area (TPSA) is 236 Å². The number of benzene rings is 5. The highest BCUT2D eigenvalue weighted by atomic mass is 16.5. The largest absolute Gasteiger partial charge is 0.493 e. The number of aryl methyl sites for hydroxylation is 3. The molecule has 5 aromatic carbocycles. The summed E-state index contributed by atoms with van der Waals surface area (Å²) in [6.07, 6.45) is 1.75. The van der Waals surface area contributed by atoms with E-state index in [4.69, 9.17) is 24.0 Å². The van der Waals surface area contributed by atoms with E-state index in [0.717, 1.165) is 79.2 Å². The summed E-state index contributed by atoms with van der Waals surface area (Å²) in [5, 5.41) is 23.8. The Labute approximate surface area is 484 Å². The van der Waals surface area contributed by atoms with E-state index in [2.05, 4.69) is 38.6 Å². The second-order valence-corrected chi connectivity index (χ2v) is 21.4. The van der Waals surface area contributed by atoms with E-state index in [-0.39, 0.29) is 60.9 Å². The van der Waals surface area contributed by atoms with Crippen LogP contribution in [0.15, 0.2) is 103 Å². The summed E-state index contributed by atoms with van der Waals surface area (Å²) in [5.74, 6) is -2.59. The number of piperazine rings is 1. The van der Waals surface area contributed by atoms with E-state index >= 15 is 0 Å². The van der Waals surface area contributed by atoms with Crippen molar-refractivity contribution in [3.05, 3.63) is 137 Å². The quantitative estimate of drug-likeness (QED) is 0.0510. The van der Waals surface area contributed by atoms with E-state index in [9.17, 15) is 38.7 Å². The fraction of sp³-hybridized carbons (Fsp3) is 0.365. The number of morpholine rings is 1. The summed E-state index contributed by atoms with van der Waals surface area (Å²) in [5.41, 5.74) is 6.32. The van der Waals surface area contributed by atoms with Crippen molar-refractivity contribution in [1.82, 2.24) is 39.7 Å². The smallest absolute Gasteiger partial charge is 0.352 e. The van der Waals surface area contributed by atoms with Gasteiger partial charge in [-0.25, -0.2) is 4.79 Å². The Bertz CT molecular complexity index is 3670. The van der Waals surface area contributed by atoms with Gasteiger partial charge in [-0.3, -0.25) is 48.6 Å². The van der Waals surface area contributed by atoms with E-state index in [1.54, 1.807) is 0 Å². The molecule has 2 aromatic heterocycles. The third-order valence-corrected chi connectivity index (χ3v) is 16.2. The van der Waals surface area contributed by atoms with Crippen molar-refractivity contribution in [1.29, 1.82) is 0 Å². The van der Waals surface area contributed by atoms with Gasteiger partial charge in [-0.2, -0.15) is 5.10 Å². The average Bonchev–Trinajstić information content (AvgIpc) is 1.93. The summed E-state index contributed by atoms with van der Waals surface area (Å²) in [4.78, 5) is 97.4. The number of aromatic carboxylic acids is 1. The zero-order valence-corrected chi connectivity index (χ0v) is 47.1. The normalized spacial score (nSPS) is 16.5. The van der Waals surface area contributed by atoms with Gasteiger partial charge < -0.3 is 43.7 Å². The number of imide groups is 2. The number of fused-ring (bicyclic) bond motifs is 3. The molecule has 3 N–H and O–H groups in total. The number of carboxylic acids is 1. The molecule has 84 heavy (non-hydrogen) atoms. The van der Waals surface area contributed by atoms with Crippen LogP contribution in [0.25, 0.3) is 32.8 Å². The standard InChI is InChI=1S/C63H67N9O12/c1-40-56(47-14-6-13-45-46(16-9-35-82-51-17-5-11-41-10-3-4-12-44(41)51)59(63(79)80)71(58(45)47)32-27-68-33-36-81-37-34-68)50(67(2)66-40)38-83-43-22-20-42(21-23-43)69-28-30-70(31-29-69)55(75)19-8-26-64-54(74)39-84-52-18-7-15-48-57(52)62(78)72(61(48)77)49-24-25-53(73)65-60(49)76/h3-7,10-15,17-18,20-23,49H,8-9,16,19,24-39H2,1-2H3,(H,64,74)(H,79,80)(H,65,73,76). The first-order valence-electron chi connectivity index (χ1n) is 28.6. The number of carbonyl (C=O) groups is 7. The predicted molar refractivity (Wildman–Crippen MR) is 311 cm³/mol. The number of piperidine rings is 1. The monoisotopic (exact) mass is 1140 g/mol. The lowest BCUT2D eigenvalue weighted by Crippen LogP contribution is -2.54. The Kier molecular flexibility index (Phi) is 17.0. The highest BCUT2D eigenvalue weighted by Gasteiger charge is 2.46. The van der Waals surface area contributed by atoms with Crippen LogP contribution in [0.4, 0.5) is 5.69 Å².